The molecule has 0 atom stereocenters. The Morgan fingerprint density at radius 2 is 1.79 bits per heavy atom. The van der Waals surface area contributed by atoms with E-state index in [9.17, 15) is 27.2 Å². The Morgan fingerprint density at radius 3 is 2.45 bits per heavy atom. The van der Waals surface area contributed by atoms with Crippen LogP contribution >= 0.6 is 0 Å². The second-order valence-corrected chi connectivity index (χ2v) is 5.99. The Hall–Kier alpha value is -3.69. The van der Waals surface area contributed by atoms with Crippen molar-refractivity contribution in [3.63, 3.8) is 0 Å². The molecule has 0 radical (unpaired) electrons. The number of aromatic nitrogens is 2. The number of ether oxygens (including phenoxy) is 1. The fraction of sp³-hybridized carbons (Fsp3) is 0.105. The van der Waals surface area contributed by atoms with Gasteiger partial charge in [0.15, 0.2) is 0 Å². The van der Waals surface area contributed by atoms with Gasteiger partial charge in [0.25, 0.3) is 11.5 Å². The van der Waals surface area contributed by atoms with E-state index in [1.54, 1.807) is 0 Å². The van der Waals surface area contributed by atoms with Crippen molar-refractivity contribution >= 4 is 5.91 Å². The second kappa shape index (κ2) is 7.38. The van der Waals surface area contributed by atoms with Crippen molar-refractivity contribution in [2.45, 2.75) is 6.36 Å². The Labute approximate surface area is 161 Å². The lowest BCUT2D eigenvalue weighted by Gasteiger charge is -2.14. The molecular weight excluding hydrogens is 394 g/mol. The molecule has 0 aliphatic rings. The van der Waals surface area contributed by atoms with Crippen LogP contribution in [0.2, 0.25) is 0 Å². The highest BCUT2D eigenvalue weighted by Gasteiger charge is 2.32. The summed E-state index contributed by atoms with van der Waals surface area (Å²) in [5.74, 6) is -2.20. The minimum Gasteiger partial charge on any atom is -0.405 e. The number of hydrogen-bond donors (Lipinski definition) is 1. The summed E-state index contributed by atoms with van der Waals surface area (Å²) >= 11 is 0. The van der Waals surface area contributed by atoms with Crippen LogP contribution in [0.4, 0.5) is 17.6 Å². The number of nitrogens with zero attached hydrogens (tertiary/aromatic N) is 2. The van der Waals surface area contributed by atoms with Crippen LogP contribution in [0.25, 0.3) is 22.4 Å². The molecule has 0 aliphatic heterocycles. The van der Waals surface area contributed by atoms with Crippen LogP contribution in [0.15, 0.2) is 53.5 Å². The van der Waals surface area contributed by atoms with Crippen molar-refractivity contribution in [3.8, 4) is 28.1 Å². The summed E-state index contributed by atoms with van der Waals surface area (Å²) in [5, 5.41) is 0. The number of para-hydroxylation sites is 1. The van der Waals surface area contributed by atoms with E-state index in [0.717, 1.165) is 29.0 Å². The van der Waals surface area contributed by atoms with E-state index in [-0.39, 0.29) is 28.1 Å². The van der Waals surface area contributed by atoms with Gasteiger partial charge in [-0.05, 0) is 29.8 Å². The molecule has 0 aliphatic carbocycles. The smallest absolute Gasteiger partial charge is 0.405 e. The number of alkyl halides is 3. The van der Waals surface area contributed by atoms with Gasteiger partial charge in [0.05, 0.1) is 6.20 Å². The molecule has 0 saturated heterocycles. The third-order valence-corrected chi connectivity index (χ3v) is 4.03. The molecule has 3 rings (SSSR count). The van der Waals surface area contributed by atoms with Gasteiger partial charge in [-0.25, -0.2) is 9.37 Å². The number of carbonyl (C=O) groups is 1. The fourth-order valence-electron chi connectivity index (χ4n) is 2.76. The van der Waals surface area contributed by atoms with Crippen LogP contribution in [-0.4, -0.2) is 21.8 Å². The molecule has 0 saturated carbocycles. The van der Waals surface area contributed by atoms with E-state index in [1.807, 2.05) is 0 Å². The first-order chi connectivity index (χ1) is 13.6. The number of hydrogen-bond acceptors (Lipinski definition) is 4. The zero-order valence-electron chi connectivity index (χ0n) is 14.8. The molecule has 2 aromatic carbocycles. The zero-order valence-corrected chi connectivity index (χ0v) is 14.8. The summed E-state index contributed by atoms with van der Waals surface area (Å²) in [5.41, 5.74) is 4.11. The number of nitrogens with two attached hydrogens (primary N) is 1. The summed E-state index contributed by atoms with van der Waals surface area (Å²) in [6, 6.07) is 8.52. The van der Waals surface area contributed by atoms with Gasteiger partial charge in [0.1, 0.15) is 23.0 Å². The third kappa shape index (κ3) is 4.26. The number of benzene rings is 2. The van der Waals surface area contributed by atoms with Crippen LogP contribution in [0.3, 0.4) is 0 Å². The Kier molecular flexibility index (Phi) is 5.10. The van der Waals surface area contributed by atoms with Crippen LogP contribution in [0.5, 0.6) is 5.75 Å². The van der Waals surface area contributed by atoms with Crippen molar-refractivity contribution in [1.29, 1.82) is 0 Å². The third-order valence-electron chi connectivity index (χ3n) is 4.03. The van der Waals surface area contributed by atoms with Gasteiger partial charge in [-0.2, -0.15) is 0 Å². The maximum absolute atomic E-state index is 14.2. The Balaban J connectivity index is 2.16. The molecule has 0 unspecified atom stereocenters. The lowest BCUT2D eigenvalue weighted by molar-refractivity contribution is -0.274. The second-order valence-electron chi connectivity index (χ2n) is 5.99. The highest BCUT2D eigenvalue weighted by Crippen LogP contribution is 2.35. The molecule has 10 heteroatoms. The van der Waals surface area contributed by atoms with E-state index in [4.69, 9.17) is 5.73 Å². The summed E-state index contributed by atoms with van der Waals surface area (Å²) in [6.07, 6.45) is -3.88. The zero-order chi connectivity index (χ0) is 21.3. The fourth-order valence-corrected chi connectivity index (χ4v) is 2.76. The molecule has 1 aromatic heterocycles. The van der Waals surface area contributed by atoms with Crippen LogP contribution in [0.1, 0.15) is 10.5 Å². The van der Waals surface area contributed by atoms with Gasteiger partial charge in [0, 0.05) is 18.2 Å². The molecule has 1 heterocycles. The average molecular weight is 407 g/mol. The van der Waals surface area contributed by atoms with Crippen molar-refractivity contribution in [3.05, 3.63) is 70.5 Å². The van der Waals surface area contributed by atoms with E-state index in [1.165, 1.54) is 31.3 Å². The Morgan fingerprint density at radius 1 is 1.14 bits per heavy atom. The topological polar surface area (TPSA) is 87.2 Å². The van der Waals surface area contributed by atoms with Crippen molar-refractivity contribution < 1.29 is 27.1 Å². The molecule has 1 amide bonds. The quantitative estimate of drug-likeness (QED) is 0.673. The van der Waals surface area contributed by atoms with Gasteiger partial charge in [-0.1, -0.05) is 18.2 Å². The molecular formula is C19H13F4N3O3. The maximum atomic E-state index is 14.2. The van der Waals surface area contributed by atoms with E-state index < -0.39 is 29.4 Å². The number of halogens is 4. The van der Waals surface area contributed by atoms with Gasteiger partial charge < -0.3 is 15.0 Å². The maximum Gasteiger partial charge on any atom is 0.573 e. The summed E-state index contributed by atoms with van der Waals surface area (Å²) in [7, 11) is 1.29. The molecule has 150 valence electrons. The molecule has 0 bridgehead atoms. The van der Waals surface area contributed by atoms with Crippen molar-refractivity contribution in [2.75, 3.05) is 0 Å². The summed E-state index contributed by atoms with van der Waals surface area (Å²) < 4.78 is 57.2. The minimum atomic E-state index is -4.94. The van der Waals surface area contributed by atoms with Crippen molar-refractivity contribution in [2.24, 2.45) is 12.8 Å². The van der Waals surface area contributed by atoms with E-state index in [2.05, 4.69) is 9.72 Å². The largest absolute Gasteiger partial charge is 0.573 e. The van der Waals surface area contributed by atoms with Crippen LogP contribution in [0, 0.1) is 5.82 Å². The average Bonchev–Trinajstić information content (AvgIpc) is 2.62. The predicted octanol–water partition coefficient (Wildman–Crippen LogP) is 3.25. The lowest BCUT2D eigenvalue weighted by atomic mass is 10.0. The summed E-state index contributed by atoms with van der Waals surface area (Å²) in [6.45, 7) is 0. The van der Waals surface area contributed by atoms with E-state index in [0.29, 0.717) is 0 Å². The number of carbonyl (C=O) groups excluding carboxylic acids is 1. The molecule has 0 spiro atoms. The first-order valence-electron chi connectivity index (χ1n) is 8.09. The first kappa shape index (κ1) is 20.1. The highest BCUT2D eigenvalue weighted by atomic mass is 19.4. The summed E-state index contributed by atoms with van der Waals surface area (Å²) in [4.78, 5) is 27.7. The number of amides is 1. The van der Waals surface area contributed by atoms with Gasteiger partial charge >= 0.3 is 6.36 Å². The van der Waals surface area contributed by atoms with Crippen LogP contribution in [-0.2, 0) is 7.05 Å². The Bertz CT molecular complexity index is 1160. The number of rotatable bonds is 4. The first-order valence-corrected chi connectivity index (χ1v) is 8.09. The molecule has 29 heavy (non-hydrogen) atoms. The monoisotopic (exact) mass is 407 g/mol. The highest BCUT2D eigenvalue weighted by molar-refractivity contribution is 5.91. The normalized spacial score (nSPS) is 11.3. The molecule has 2 N–H and O–H groups in total. The molecule has 0 fully saturated rings. The standard InChI is InChI=1S/C19H13F4N3O3/c1-26-14(17(24)27)9-25-16(18(26)28)11-6-10(7-12(20)8-11)13-4-2-3-5-15(13)29-19(21,22)23/h2-9H,1H3,(H2,24,27). The van der Waals surface area contributed by atoms with Gasteiger partial charge in [-0.3, -0.25) is 9.59 Å². The van der Waals surface area contributed by atoms with E-state index >= 15 is 0 Å². The lowest BCUT2D eigenvalue weighted by Crippen LogP contribution is -2.28. The van der Waals surface area contributed by atoms with Crippen molar-refractivity contribution in [1.82, 2.24) is 9.55 Å². The SMILES string of the molecule is Cn1c(C(N)=O)cnc(-c2cc(F)cc(-c3ccccc3OC(F)(F)F)c2)c1=O. The van der Waals surface area contributed by atoms with Gasteiger partial charge in [0.2, 0.25) is 0 Å². The molecule has 3 aromatic rings. The number of primary amides is 1. The van der Waals surface area contributed by atoms with Gasteiger partial charge in [-0.15, -0.1) is 13.2 Å². The van der Waals surface area contributed by atoms with Crippen LogP contribution < -0.4 is 16.0 Å². The minimum absolute atomic E-state index is 0.0124. The predicted molar refractivity (Wildman–Crippen MR) is 95.5 cm³/mol. The molecule has 6 nitrogen and oxygen atoms in total.